The Morgan fingerprint density at radius 1 is 1.33 bits per heavy atom. The minimum absolute atomic E-state index is 0.0764. The third kappa shape index (κ3) is 8.55. The van der Waals surface area contributed by atoms with Crippen LogP contribution in [-0.4, -0.2) is 36.6 Å². The molecule has 0 aliphatic carbocycles. The molecule has 1 amide bonds. The summed E-state index contributed by atoms with van der Waals surface area (Å²) in [4.78, 5) is 33.2. The second kappa shape index (κ2) is 7.68. The van der Waals surface area contributed by atoms with Gasteiger partial charge in [0.2, 0.25) is 0 Å². The van der Waals surface area contributed by atoms with Gasteiger partial charge >= 0.3 is 12.1 Å². The Morgan fingerprint density at radius 3 is 2.39 bits per heavy atom. The SMILES string of the molecule is CCOC(=O)CC[C@H](C=O)NC(=O)OC(C)(C)C. The van der Waals surface area contributed by atoms with Gasteiger partial charge in [-0.15, -0.1) is 0 Å². The van der Waals surface area contributed by atoms with Crippen LogP contribution in [0.1, 0.15) is 40.5 Å². The van der Waals surface area contributed by atoms with E-state index in [1.54, 1.807) is 27.7 Å². The Bertz CT molecular complexity index is 295. The van der Waals surface area contributed by atoms with Crippen molar-refractivity contribution in [1.82, 2.24) is 5.32 Å². The summed E-state index contributed by atoms with van der Waals surface area (Å²) in [7, 11) is 0. The van der Waals surface area contributed by atoms with Crippen molar-refractivity contribution >= 4 is 18.3 Å². The van der Waals surface area contributed by atoms with E-state index in [1.807, 2.05) is 0 Å². The molecule has 0 fully saturated rings. The van der Waals surface area contributed by atoms with E-state index in [2.05, 4.69) is 5.32 Å². The Balaban J connectivity index is 4.07. The number of carbonyl (C=O) groups is 3. The van der Waals surface area contributed by atoms with E-state index in [4.69, 9.17) is 9.47 Å². The van der Waals surface area contributed by atoms with E-state index >= 15 is 0 Å². The highest BCUT2D eigenvalue weighted by Crippen LogP contribution is 2.07. The number of hydrogen-bond acceptors (Lipinski definition) is 5. The number of ether oxygens (including phenoxy) is 2. The molecule has 6 heteroatoms. The number of alkyl carbamates (subject to hydrolysis) is 1. The molecule has 0 saturated carbocycles. The highest BCUT2D eigenvalue weighted by atomic mass is 16.6. The van der Waals surface area contributed by atoms with Gasteiger partial charge < -0.3 is 19.6 Å². The lowest BCUT2D eigenvalue weighted by Crippen LogP contribution is -2.40. The quantitative estimate of drug-likeness (QED) is 0.576. The predicted molar refractivity (Wildman–Crippen MR) is 65.1 cm³/mol. The van der Waals surface area contributed by atoms with Crippen molar-refractivity contribution in [3.05, 3.63) is 0 Å². The summed E-state index contributed by atoms with van der Waals surface area (Å²) in [6, 6.07) is -0.746. The van der Waals surface area contributed by atoms with E-state index in [-0.39, 0.29) is 12.8 Å². The van der Waals surface area contributed by atoms with Gasteiger partial charge in [-0.25, -0.2) is 4.79 Å². The van der Waals surface area contributed by atoms with Crippen molar-refractivity contribution in [2.24, 2.45) is 0 Å². The second-order valence-corrected chi connectivity index (χ2v) is 4.73. The lowest BCUT2D eigenvalue weighted by molar-refractivity contribution is -0.143. The molecule has 1 atom stereocenters. The standard InChI is InChI=1S/C12H21NO5/c1-5-17-10(15)7-6-9(8-14)13-11(16)18-12(2,3)4/h8-9H,5-7H2,1-4H3,(H,13,16)/t9-/m1/s1. The minimum Gasteiger partial charge on any atom is -0.466 e. The molecule has 6 nitrogen and oxygen atoms in total. The fraction of sp³-hybridized carbons (Fsp3) is 0.750. The van der Waals surface area contributed by atoms with Crippen LogP contribution in [0.15, 0.2) is 0 Å². The molecule has 0 radical (unpaired) electrons. The maximum absolute atomic E-state index is 11.4. The van der Waals surface area contributed by atoms with Crippen LogP contribution in [0.2, 0.25) is 0 Å². The zero-order valence-electron chi connectivity index (χ0n) is 11.3. The molecule has 0 heterocycles. The van der Waals surface area contributed by atoms with Crippen LogP contribution in [0.5, 0.6) is 0 Å². The van der Waals surface area contributed by atoms with Crippen LogP contribution in [0, 0.1) is 0 Å². The van der Waals surface area contributed by atoms with Gasteiger partial charge in [-0.3, -0.25) is 4.79 Å². The van der Waals surface area contributed by atoms with Crippen LogP contribution >= 0.6 is 0 Å². The van der Waals surface area contributed by atoms with E-state index in [1.165, 1.54) is 0 Å². The summed E-state index contributed by atoms with van der Waals surface area (Å²) in [5.41, 5.74) is -0.626. The number of amides is 1. The van der Waals surface area contributed by atoms with E-state index < -0.39 is 23.7 Å². The van der Waals surface area contributed by atoms with Gasteiger partial charge in [-0.05, 0) is 34.1 Å². The van der Waals surface area contributed by atoms with E-state index in [0.717, 1.165) is 0 Å². The molecule has 18 heavy (non-hydrogen) atoms. The van der Waals surface area contributed by atoms with Crippen molar-refractivity contribution in [2.45, 2.75) is 52.2 Å². The first-order valence-electron chi connectivity index (χ1n) is 5.89. The fourth-order valence-electron chi connectivity index (χ4n) is 1.14. The topological polar surface area (TPSA) is 81.7 Å². The highest BCUT2D eigenvalue weighted by molar-refractivity contribution is 5.74. The van der Waals surface area contributed by atoms with Crippen molar-refractivity contribution in [3.63, 3.8) is 0 Å². The first-order valence-corrected chi connectivity index (χ1v) is 5.89. The third-order valence-corrected chi connectivity index (χ3v) is 1.83. The fourth-order valence-corrected chi connectivity index (χ4v) is 1.14. The smallest absolute Gasteiger partial charge is 0.408 e. The molecule has 1 N–H and O–H groups in total. The van der Waals surface area contributed by atoms with Crippen LogP contribution in [0.3, 0.4) is 0 Å². The summed E-state index contributed by atoms with van der Waals surface area (Å²) in [6.45, 7) is 7.17. The molecule has 104 valence electrons. The molecule has 0 rings (SSSR count). The van der Waals surface area contributed by atoms with Crippen LogP contribution in [-0.2, 0) is 19.1 Å². The van der Waals surface area contributed by atoms with Gasteiger partial charge in [-0.2, -0.15) is 0 Å². The summed E-state index contributed by atoms with van der Waals surface area (Å²) in [5.74, 6) is -0.393. The van der Waals surface area contributed by atoms with Gasteiger partial charge in [-0.1, -0.05) is 0 Å². The molecular formula is C12H21NO5. The molecule has 0 unspecified atom stereocenters. The van der Waals surface area contributed by atoms with Crippen molar-refractivity contribution in [2.75, 3.05) is 6.61 Å². The molecule has 0 aromatic carbocycles. The maximum atomic E-state index is 11.4. The van der Waals surface area contributed by atoms with Gasteiger partial charge in [0.1, 0.15) is 11.9 Å². The predicted octanol–water partition coefficient (Wildman–Crippen LogP) is 1.42. The number of aldehydes is 1. The average molecular weight is 259 g/mol. The van der Waals surface area contributed by atoms with E-state index in [9.17, 15) is 14.4 Å². The van der Waals surface area contributed by atoms with Crippen molar-refractivity contribution in [3.8, 4) is 0 Å². The lowest BCUT2D eigenvalue weighted by Gasteiger charge is -2.21. The number of rotatable bonds is 6. The van der Waals surface area contributed by atoms with Crippen molar-refractivity contribution in [1.29, 1.82) is 0 Å². The van der Waals surface area contributed by atoms with Crippen molar-refractivity contribution < 1.29 is 23.9 Å². The summed E-state index contributed by atoms with van der Waals surface area (Å²) >= 11 is 0. The Kier molecular flexibility index (Phi) is 7.00. The van der Waals surface area contributed by atoms with Gasteiger partial charge in [0.15, 0.2) is 0 Å². The molecule has 0 bridgehead atoms. The summed E-state index contributed by atoms with van der Waals surface area (Å²) < 4.78 is 9.72. The molecule has 0 aliphatic rings. The zero-order chi connectivity index (χ0) is 14.2. The first kappa shape index (κ1) is 16.4. The van der Waals surface area contributed by atoms with Gasteiger partial charge in [0.25, 0.3) is 0 Å². The van der Waals surface area contributed by atoms with Crippen LogP contribution in [0.4, 0.5) is 4.79 Å². The van der Waals surface area contributed by atoms with Gasteiger partial charge in [0.05, 0.1) is 12.6 Å². The van der Waals surface area contributed by atoms with Crippen LogP contribution in [0.25, 0.3) is 0 Å². The molecule has 0 aromatic rings. The summed E-state index contributed by atoms with van der Waals surface area (Å²) in [6.07, 6.45) is 0.168. The number of carbonyl (C=O) groups excluding carboxylic acids is 3. The monoisotopic (exact) mass is 259 g/mol. The zero-order valence-corrected chi connectivity index (χ0v) is 11.3. The van der Waals surface area contributed by atoms with E-state index in [0.29, 0.717) is 12.9 Å². The average Bonchev–Trinajstić information content (AvgIpc) is 2.22. The number of nitrogens with one attached hydrogen (secondary N) is 1. The lowest BCUT2D eigenvalue weighted by atomic mass is 10.2. The van der Waals surface area contributed by atoms with Crippen LogP contribution < -0.4 is 5.32 Å². The molecular weight excluding hydrogens is 238 g/mol. The Labute approximate surface area is 107 Å². The Morgan fingerprint density at radius 2 is 1.94 bits per heavy atom. The minimum atomic E-state index is -0.746. The second-order valence-electron chi connectivity index (χ2n) is 4.73. The maximum Gasteiger partial charge on any atom is 0.408 e. The number of esters is 1. The third-order valence-electron chi connectivity index (χ3n) is 1.83. The molecule has 0 spiro atoms. The van der Waals surface area contributed by atoms with Gasteiger partial charge in [0, 0.05) is 6.42 Å². The first-order chi connectivity index (χ1) is 8.28. The normalized spacial score (nSPS) is 12.4. The summed E-state index contributed by atoms with van der Waals surface area (Å²) in [5, 5.41) is 2.38. The number of hydrogen-bond donors (Lipinski definition) is 1. The molecule has 0 aliphatic heterocycles. The highest BCUT2D eigenvalue weighted by Gasteiger charge is 2.19. The Hall–Kier alpha value is -1.59. The molecule has 0 saturated heterocycles. The molecule has 0 aromatic heterocycles. The largest absolute Gasteiger partial charge is 0.466 e.